The number of nitrogens with zero attached hydrogens (tertiary/aromatic N) is 3. The number of Topliss-reactive ketones (excluding diaryl/α,β-unsaturated/α-hetero) is 1. The molecule has 1 unspecified atom stereocenters. The molecule has 2 heterocycles. The molecule has 1 saturated heterocycles. The Hall–Kier alpha value is -4.58. The topological polar surface area (TPSA) is 149 Å². The standard InChI is InChI=1S/C26H23N3O8S/c1-4-12-37-18-10-8-15(9-11-18)21(30)19-20(16-6-5-7-17(13-16)29(34)35)28(24(32)22(19)31)26-27-14(2)23(38-26)25(33)36-3/h5-11,13,20,30H,4,12H2,1-3H3/b21-19+. The molecule has 38 heavy (non-hydrogen) atoms. The Kier molecular flexibility index (Phi) is 7.53. The number of benzene rings is 2. The van der Waals surface area contributed by atoms with Crippen molar-refractivity contribution in [2.24, 2.45) is 0 Å². The molecule has 2 aromatic carbocycles. The molecule has 1 aliphatic heterocycles. The molecule has 0 saturated carbocycles. The fourth-order valence-corrected chi connectivity index (χ4v) is 5.02. The van der Waals surface area contributed by atoms with E-state index in [0.717, 1.165) is 22.7 Å². The minimum atomic E-state index is -1.25. The van der Waals surface area contributed by atoms with E-state index >= 15 is 0 Å². The summed E-state index contributed by atoms with van der Waals surface area (Å²) in [7, 11) is 1.20. The number of thiazole rings is 1. The van der Waals surface area contributed by atoms with Gasteiger partial charge in [0.15, 0.2) is 5.13 Å². The first-order valence-electron chi connectivity index (χ1n) is 11.5. The Bertz CT molecular complexity index is 1460. The van der Waals surface area contributed by atoms with Crippen LogP contribution in [0.25, 0.3) is 5.76 Å². The van der Waals surface area contributed by atoms with E-state index < -0.39 is 34.4 Å². The highest BCUT2D eigenvalue weighted by Gasteiger charge is 2.48. The molecule has 1 aromatic heterocycles. The number of hydrogen-bond acceptors (Lipinski definition) is 10. The zero-order valence-corrected chi connectivity index (χ0v) is 21.5. The number of carbonyl (C=O) groups is 3. The molecule has 1 aliphatic rings. The second-order valence-electron chi connectivity index (χ2n) is 8.30. The smallest absolute Gasteiger partial charge is 0.350 e. The molecule has 11 nitrogen and oxygen atoms in total. The number of rotatable bonds is 8. The maximum absolute atomic E-state index is 13.3. The van der Waals surface area contributed by atoms with E-state index in [4.69, 9.17) is 9.47 Å². The first-order chi connectivity index (χ1) is 18.2. The SMILES string of the molecule is CCCOc1ccc(/C(O)=C2\C(=O)C(=O)N(c3nc(C)c(C(=O)OC)s3)C2c2cccc([N+](=O)[O-])c2)cc1. The van der Waals surface area contributed by atoms with E-state index in [1.54, 1.807) is 31.2 Å². The second kappa shape index (κ2) is 10.8. The number of anilines is 1. The van der Waals surface area contributed by atoms with Crippen molar-refractivity contribution in [1.82, 2.24) is 4.98 Å². The molecule has 1 fully saturated rings. The van der Waals surface area contributed by atoms with Crippen LogP contribution in [0.1, 0.15) is 45.9 Å². The van der Waals surface area contributed by atoms with Crippen LogP contribution in [0.5, 0.6) is 5.75 Å². The Morgan fingerprint density at radius 1 is 1.21 bits per heavy atom. The molecular formula is C26H23N3O8S. The molecule has 3 aromatic rings. The van der Waals surface area contributed by atoms with Gasteiger partial charge in [0, 0.05) is 17.7 Å². The normalized spacial score (nSPS) is 16.5. The van der Waals surface area contributed by atoms with Gasteiger partial charge in [0.2, 0.25) is 0 Å². The van der Waals surface area contributed by atoms with Crippen LogP contribution in [0, 0.1) is 17.0 Å². The molecule has 0 aliphatic carbocycles. The maximum Gasteiger partial charge on any atom is 0.350 e. The van der Waals surface area contributed by atoms with Crippen molar-refractivity contribution in [3.05, 3.63) is 85.9 Å². The average Bonchev–Trinajstić information content (AvgIpc) is 3.43. The fourth-order valence-electron chi connectivity index (χ4n) is 4.01. The summed E-state index contributed by atoms with van der Waals surface area (Å²) in [6.07, 6.45) is 0.808. The Labute approximate surface area is 221 Å². The average molecular weight is 538 g/mol. The van der Waals surface area contributed by atoms with Crippen LogP contribution in [0.3, 0.4) is 0 Å². The Balaban J connectivity index is 1.89. The second-order valence-corrected chi connectivity index (χ2v) is 9.27. The van der Waals surface area contributed by atoms with Crippen molar-refractivity contribution < 1.29 is 33.9 Å². The van der Waals surface area contributed by atoms with Crippen molar-refractivity contribution in [2.45, 2.75) is 26.3 Å². The van der Waals surface area contributed by atoms with Gasteiger partial charge in [-0.25, -0.2) is 9.78 Å². The lowest BCUT2D eigenvalue weighted by molar-refractivity contribution is -0.384. The number of esters is 1. The molecule has 1 N–H and O–H groups in total. The highest BCUT2D eigenvalue weighted by Crippen LogP contribution is 2.44. The van der Waals surface area contributed by atoms with Crippen LogP contribution in [-0.4, -0.2) is 46.4 Å². The summed E-state index contributed by atoms with van der Waals surface area (Å²) in [5.74, 6) is -2.58. The number of nitro groups is 1. The van der Waals surface area contributed by atoms with Crippen LogP contribution in [-0.2, 0) is 14.3 Å². The first-order valence-corrected chi connectivity index (χ1v) is 12.3. The van der Waals surface area contributed by atoms with Crippen molar-refractivity contribution in [1.29, 1.82) is 0 Å². The van der Waals surface area contributed by atoms with Crippen LogP contribution >= 0.6 is 11.3 Å². The van der Waals surface area contributed by atoms with Crippen LogP contribution in [0.2, 0.25) is 0 Å². The minimum absolute atomic E-state index is 0.00358. The summed E-state index contributed by atoms with van der Waals surface area (Å²) in [6.45, 7) is 4.02. The number of aliphatic hydroxyl groups excluding tert-OH is 1. The summed E-state index contributed by atoms with van der Waals surface area (Å²) < 4.78 is 10.3. The third-order valence-electron chi connectivity index (χ3n) is 5.80. The maximum atomic E-state index is 13.3. The number of aliphatic hydroxyl groups is 1. The zero-order chi connectivity index (χ0) is 27.6. The number of ether oxygens (including phenoxy) is 2. The molecule has 0 bridgehead atoms. The molecule has 4 rings (SSSR count). The van der Waals surface area contributed by atoms with Gasteiger partial charge in [-0.15, -0.1) is 0 Å². The van der Waals surface area contributed by atoms with Gasteiger partial charge in [-0.2, -0.15) is 0 Å². The van der Waals surface area contributed by atoms with E-state index in [2.05, 4.69) is 4.98 Å². The van der Waals surface area contributed by atoms with Crippen molar-refractivity contribution in [3.63, 3.8) is 0 Å². The zero-order valence-electron chi connectivity index (χ0n) is 20.7. The third-order valence-corrected chi connectivity index (χ3v) is 6.94. The molecule has 0 spiro atoms. The number of ketones is 1. The number of non-ortho nitro benzene ring substituents is 1. The summed E-state index contributed by atoms with van der Waals surface area (Å²) in [4.78, 5) is 55.1. The van der Waals surface area contributed by atoms with Gasteiger partial charge in [-0.05, 0) is 43.2 Å². The largest absolute Gasteiger partial charge is 0.507 e. The number of aromatic nitrogens is 1. The molecular weight excluding hydrogens is 514 g/mol. The van der Waals surface area contributed by atoms with Gasteiger partial charge < -0.3 is 14.6 Å². The number of nitro benzene ring substituents is 1. The van der Waals surface area contributed by atoms with Gasteiger partial charge in [0.25, 0.3) is 11.5 Å². The minimum Gasteiger partial charge on any atom is -0.507 e. The van der Waals surface area contributed by atoms with Gasteiger partial charge in [0.05, 0.1) is 35.9 Å². The van der Waals surface area contributed by atoms with E-state index in [1.165, 1.54) is 31.4 Å². The number of hydrogen-bond donors (Lipinski definition) is 1. The Morgan fingerprint density at radius 2 is 1.92 bits per heavy atom. The fraction of sp³-hybridized carbons (Fsp3) is 0.231. The number of amides is 1. The molecule has 1 atom stereocenters. The van der Waals surface area contributed by atoms with E-state index in [-0.39, 0.29) is 38.1 Å². The highest BCUT2D eigenvalue weighted by atomic mass is 32.1. The van der Waals surface area contributed by atoms with Crippen molar-refractivity contribution >= 4 is 45.6 Å². The highest BCUT2D eigenvalue weighted by molar-refractivity contribution is 7.17. The first kappa shape index (κ1) is 26.5. The summed E-state index contributed by atoms with van der Waals surface area (Å²) >= 11 is 0.836. The third kappa shape index (κ3) is 4.85. The van der Waals surface area contributed by atoms with E-state index in [1.807, 2.05) is 6.92 Å². The predicted molar refractivity (Wildman–Crippen MR) is 138 cm³/mol. The molecule has 12 heteroatoms. The van der Waals surface area contributed by atoms with Gasteiger partial charge >= 0.3 is 11.9 Å². The van der Waals surface area contributed by atoms with Crippen molar-refractivity contribution in [3.8, 4) is 5.75 Å². The number of aryl methyl sites for hydroxylation is 1. The lowest BCUT2D eigenvalue weighted by Gasteiger charge is -2.22. The van der Waals surface area contributed by atoms with Crippen LogP contribution in [0.4, 0.5) is 10.8 Å². The molecule has 196 valence electrons. The van der Waals surface area contributed by atoms with E-state index in [0.29, 0.717) is 12.4 Å². The summed E-state index contributed by atoms with van der Waals surface area (Å²) in [5.41, 5.74) is 0.184. The Morgan fingerprint density at radius 3 is 2.55 bits per heavy atom. The predicted octanol–water partition coefficient (Wildman–Crippen LogP) is 4.56. The van der Waals surface area contributed by atoms with Crippen molar-refractivity contribution in [2.75, 3.05) is 18.6 Å². The lowest BCUT2D eigenvalue weighted by atomic mass is 9.95. The van der Waals surface area contributed by atoms with Gasteiger partial charge in [-0.3, -0.25) is 24.6 Å². The van der Waals surface area contributed by atoms with Gasteiger partial charge in [-0.1, -0.05) is 30.4 Å². The lowest BCUT2D eigenvalue weighted by Crippen LogP contribution is -2.29. The summed E-state index contributed by atoms with van der Waals surface area (Å²) in [5, 5.41) is 22.7. The van der Waals surface area contributed by atoms with E-state index in [9.17, 15) is 29.6 Å². The van der Waals surface area contributed by atoms with Crippen LogP contribution in [0.15, 0.2) is 54.1 Å². The van der Waals surface area contributed by atoms with Gasteiger partial charge in [0.1, 0.15) is 16.4 Å². The number of methoxy groups -OCH3 is 1. The number of carbonyl (C=O) groups excluding carboxylic acids is 3. The molecule has 1 amide bonds. The summed E-state index contributed by atoms with van der Waals surface area (Å²) in [6, 6.07) is 10.5. The quantitative estimate of drug-likeness (QED) is 0.109. The molecule has 0 radical (unpaired) electrons. The van der Waals surface area contributed by atoms with Crippen LogP contribution < -0.4 is 9.64 Å². The monoisotopic (exact) mass is 537 g/mol.